The van der Waals surface area contributed by atoms with Gasteiger partial charge >= 0.3 is 0 Å². The molecule has 21 heavy (non-hydrogen) atoms. The molecular weight excluding hydrogens is 290 g/mol. The van der Waals surface area contributed by atoms with Crippen LogP contribution in [0.15, 0.2) is 23.1 Å². The molecular formula is C15H25NO4S. The number of benzene rings is 1. The molecule has 0 aliphatic rings. The summed E-state index contributed by atoms with van der Waals surface area (Å²) in [5.41, 5.74) is 0.471. The molecule has 0 aliphatic heterocycles. The lowest BCUT2D eigenvalue weighted by Gasteiger charge is -2.24. The number of ether oxygens (including phenoxy) is 1. The number of hydrogen-bond acceptors (Lipinski definition) is 4. The minimum absolute atomic E-state index is 0.192. The topological polar surface area (TPSA) is 66.8 Å². The number of methoxy groups -OCH3 is 1. The SMILES string of the molecule is CCC(C)CN(CC)S(=O)(=O)c1ccc(OC)c(CO)c1. The minimum Gasteiger partial charge on any atom is -0.496 e. The van der Waals surface area contributed by atoms with Crippen LogP contribution >= 0.6 is 0 Å². The van der Waals surface area contributed by atoms with Crippen molar-refractivity contribution in [1.29, 1.82) is 0 Å². The molecule has 1 aromatic carbocycles. The average molecular weight is 315 g/mol. The third kappa shape index (κ3) is 4.18. The van der Waals surface area contributed by atoms with Crippen molar-refractivity contribution in [2.45, 2.75) is 38.7 Å². The van der Waals surface area contributed by atoms with Crippen molar-refractivity contribution in [2.24, 2.45) is 5.92 Å². The predicted octanol–water partition coefficient (Wildman–Crippen LogP) is 2.24. The zero-order valence-electron chi connectivity index (χ0n) is 13.2. The Hall–Kier alpha value is -1.11. The van der Waals surface area contributed by atoms with Crippen LogP contribution in [0, 0.1) is 5.92 Å². The highest BCUT2D eigenvalue weighted by molar-refractivity contribution is 7.89. The Labute approximate surface area is 127 Å². The molecule has 1 aromatic rings. The molecule has 1 atom stereocenters. The first-order valence-corrected chi connectivity index (χ1v) is 8.62. The van der Waals surface area contributed by atoms with Crippen molar-refractivity contribution in [2.75, 3.05) is 20.2 Å². The van der Waals surface area contributed by atoms with Crippen LogP contribution < -0.4 is 4.74 Å². The maximum Gasteiger partial charge on any atom is 0.243 e. The second-order valence-corrected chi connectivity index (χ2v) is 7.04. The van der Waals surface area contributed by atoms with E-state index in [-0.39, 0.29) is 11.5 Å². The summed E-state index contributed by atoms with van der Waals surface area (Å²) < 4.78 is 32.0. The highest BCUT2D eigenvalue weighted by Gasteiger charge is 2.25. The Morgan fingerprint density at radius 2 is 2.00 bits per heavy atom. The van der Waals surface area contributed by atoms with Gasteiger partial charge in [-0.1, -0.05) is 27.2 Å². The van der Waals surface area contributed by atoms with Crippen molar-refractivity contribution < 1.29 is 18.3 Å². The quantitative estimate of drug-likeness (QED) is 0.799. The van der Waals surface area contributed by atoms with Gasteiger partial charge in [0, 0.05) is 18.7 Å². The molecule has 0 aliphatic carbocycles. The summed E-state index contributed by atoms with van der Waals surface area (Å²) >= 11 is 0. The number of hydrogen-bond donors (Lipinski definition) is 1. The monoisotopic (exact) mass is 315 g/mol. The van der Waals surface area contributed by atoms with Crippen LogP contribution in [0.5, 0.6) is 5.75 Å². The Bertz CT molecular complexity index is 557. The lowest BCUT2D eigenvalue weighted by molar-refractivity contribution is 0.273. The maximum absolute atomic E-state index is 12.7. The zero-order chi connectivity index (χ0) is 16.0. The van der Waals surface area contributed by atoms with E-state index in [1.54, 1.807) is 6.07 Å². The lowest BCUT2D eigenvalue weighted by atomic mass is 10.1. The molecule has 5 nitrogen and oxygen atoms in total. The van der Waals surface area contributed by atoms with Gasteiger partial charge in [0.05, 0.1) is 18.6 Å². The summed E-state index contributed by atoms with van der Waals surface area (Å²) in [6, 6.07) is 4.58. The molecule has 0 saturated carbocycles. The second-order valence-electron chi connectivity index (χ2n) is 5.10. The number of aliphatic hydroxyl groups is 1. The standard InChI is InChI=1S/C15H25NO4S/c1-5-12(3)10-16(6-2)21(18,19)14-7-8-15(20-4)13(9-14)11-17/h7-9,12,17H,5-6,10-11H2,1-4H3. The highest BCUT2D eigenvalue weighted by Crippen LogP contribution is 2.25. The number of rotatable bonds is 8. The first-order valence-electron chi connectivity index (χ1n) is 7.18. The molecule has 1 rings (SSSR count). The van der Waals surface area contributed by atoms with E-state index in [2.05, 4.69) is 0 Å². The van der Waals surface area contributed by atoms with E-state index in [9.17, 15) is 13.5 Å². The molecule has 0 fully saturated rings. The molecule has 0 spiro atoms. The van der Waals surface area contributed by atoms with E-state index in [0.717, 1.165) is 6.42 Å². The van der Waals surface area contributed by atoms with Gasteiger partial charge in [0.1, 0.15) is 5.75 Å². The van der Waals surface area contributed by atoms with Crippen molar-refractivity contribution in [1.82, 2.24) is 4.31 Å². The van der Waals surface area contributed by atoms with Gasteiger partial charge in [0.25, 0.3) is 0 Å². The van der Waals surface area contributed by atoms with Crippen LogP contribution in [0.1, 0.15) is 32.8 Å². The Kier molecular flexibility index (Phi) is 6.64. The maximum atomic E-state index is 12.7. The van der Waals surface area contributed by atoms with Crippen LogP contribution in [-0.2, 0) is 16.6 Å². The number of aliphatic hydroxyl groups excluding tert-OH is 1. The van der Waals surface area contributed by atoms with Gasteiger partial charge in [-0.25, -0.2) is 8.42 Å². The van der Waals surface area contributed by atoms with Gasteiger partial charge in [-0.05, 0) is 24.1 Å². The summed E-state index contributed by atoms with van der Waals surface area (Å²) in [6.07, 6.45) is 0.927. The van der Waals surface area contributed by atoms with E-state index in [1.807, 2.05) is 20.8 Å². The van der Waals surface area contributed by atoms with Crippen LogP contribution in [0.3, 0.4) is 0 Å². The third-order valence-electron chi connectivity index (χ3n) is 3.62. The Morgan fingerprint density at radius 1 is 1.33 bits per heavy atom. The average Bonchev–Trinajstić information content (AvgIpc) is 2.51. The van der Waals surface area contributed by atoms with E-state index < -0.39 is 10.0 Å². The fourth-order valence-electron chi connectivity index (χ4n) is 2.06. The van der Waals surface area contributed by atoms with E-state index in [0.29, 0.717) is 30.3 Å². The Morgan fingerprint density at radius 3 is 2.48 bits per heavy atom. The lowest BCUT2D eigenvalue weighted by Crippen LogP contribution is -2.34. The summed E-state index contributed by atoms with van der Waals surface area (Å²) in [6.45, 7) is 6.57. The molecule has 1 N–H and O–H groups in total. The molecule has 1 unspecified atom stereocenters. The molecule has 0 saturated heterocycles. The van der Waals surface area contributed by atoms with Crippen LogP contribution in [0.4, 0.5) is 0 Å². The first kappa shape index (κ1) is 17.9. The van der Waals surface area contributed by atoms with Crippen LogP contribution in [0.2, 0.25) is 0 Å². The smallest absolute Gasteiger partial charge is 0.243 e. The second kappa shape index (κ2) is 7.77. The predicted molar refractivity (Wildman–Crippen MR) is 82.8 cm³/mol. The van der Waals surface area contributed by atoms with Crippen LogP contribution in [-0.4, -0.2) is 38.0 Å². The van der Waals surface area contributed by atoms with Gasteiger partial charge in [-0.2, -0.15) is 4.31 Å². The van der Waals surface area contributed by atoms with Gasteiger partial charge in [-0.3, -0.25) is 0 Å². The summed E-state index contributed by atoms with van der Waals surface area (Å²) in [4.78, 5) is 0.192. The fraction of sp³-hybridized carbons (Fsp3) is 0.600. The third-order valence-corrected chi connectivity index (χ3v) is 5.56. The number of sulfonamides is 1. The van der Waals surface area contributed by atoms with E-state index >= 15 is 0 Å². The number of nitrogens with zero attached hydrogens (tertiary/aromatic N) is 1. The molecule has 0 aromatic heterocycles. The van der Waals surface area contributed by atoms with Gasteiger partial charge in [0.2, 0.25) is 10.0 Å². The fourth-order valence-corrected chi connectivity index (χ4v) is 3.68. The molecule has 0 heterocycles. The van der Waals surface area contributed by atoms with Gasteiger partial charge in [-0.15, -0.1) is 0 Å². The van der Waals surface area contributed by atoms with E-state index in [4.69, 9.17) is 4.74 Å². The minimum atomic E-state index is -3.55. The van der Waals surface area contributed by atoms with Gasteiger partial charge in [0.15, 0.2) is 0 Å². The molecule has 0 amide bonds. The van der Waals surface area contributed by atoms with Crippen LogP contribution in [0.25, 0.3) is 0 Å². The molecule has 0 radical (unpaired) electrons. The first-order chi connectivity index (χ1) is 9.90. The van der Waals surface area contributed by atoms with E-state index in [1.165, 1.54) is 23.5 Å². The molecule has 120 valence electrons. The molecule has 6 heteroatoms. The molecule has 0 bridgehead atoms. The normalized spacial score (nSPS) is 13.4. The largest absolute Gasteiger partial charge is 0.496 e. The summed E-state index contributed by atoms with van der Waals surface area (Å²) in [7, 11) is -2.06. The summed E-state index contributed by atoms with van der Waals surface area (Å²) in [5, 5.41) is 9.33. The van der Waals surface area contributed by atoms with Crippen molar-refractivity contribution in [3.05, 3.63) is 23.8 Å². The highest BCUT2D eigenvalue weighted by atomic mass is 32.2. The van der Waals surface area contributed by atoms with Crippen molar-refractivity contribution >= 4 is 10.0 Å². The summed E-state index contributed by atoms with van der Waals surface area (Å²) in [5.74, 6) is 0.789. The Balaban J connectivity index is 3.16. The van der Waals surface area contributed by atoms with Crippen molar-refractivity contribution in [3.63, 3.8) is 0 Å². The van der Waals surface area contributed by atoms with Crippen molar-refractivity contribution in [3.8, 4) is 5.75 Å². The zero-order valence-corrected chi connectivity index (χ0v) is 14.0. The van der Waals surface area contributed by atoms with Gasteiger partial charge < -0.3 is 9.84 Å².